The molecule has 0 saturated carbocycles. The van der Waals surface area contributed by atoms with E-state index in [4.69, 9.17) is 16.2 Å². The Kier molecular flexibility index (Phi) is 4.17. The highest BCUT2D eigenvalue weighted by Crippen LogP contribution is 2.23. The number of anilines is 1. The minimum Gasteiger partial charge on any atom is -0.496 e. The summed E-state index contributed by atoms with van der Waals surface area (Å²) in [6.45, 7) is 0. The lowest BCUT2D eigenvalue weighted by atomic mass is 10.1. The summed E-state index contributed by atoms with van der Waals surface area (Å²) in [6.07, 6.45) is 0. The summed E-state index contributed by atoms with van der Waals surface area (Å²) in [5.74, 6) is -1.26. The number of benzene rings is 1. The van der Waals surface area contributed by atoms with E-state index in [1.54, 1.807) is 0 Å². The highest BCUT2D eigenvalue weighted by molar-refractivity contribution is 5.96. The molecule has 0 radical (unpaired) electrons. The zero-order valence-corrected chi connectivity index (χ0v) is 8.23. The Morgan fingerprint density at radius 3 is 2.50 bits per heavy atom. The van der Waals surface area contributed by atoms with Crippen molar-refractivity contribution in [3.63, 3.8) is 0 Å². The standard InChI is InChI=1S/C8H9FN2O2.ClH/c1-13-7-3-5(9)6(10)2-4(7)8(11)12;/h2-3H,10H2,1H3,(H2,11,12);1H. The maximum Gasteiger partial charge on any atom is 0.252 e. The minimum absolute atomic E-state index is 0. The first-order valence-electron chi connectivity index (χ1n) is 3.49. The van der Waals surface area contributed by atoms with Crippen LogP contribution in [-0.2, 0) is 0 Å². The van der Waals surface area contributed by atoms with Crippen LogP contribution in [0.15, 0.2) is 12.1 Å². The Hall–Kier alpha value is -1.49. The van der Waals surface area contributed by atoms with Crippen LogP contribution in [0.3, 0.4) is 0 Å². The van der Waals surface area contributed by atoms with Gasteiger partial charge in [0.1, 0.15) is 11.6 Å². The van der Waals surface area contributed by atoms with Gasteiger partial charge < -0.3 is 16.2 Å². The van der Waals surface area contributed by atoms with E-state index in [0.29, 0.717) is 0 Å². The van der Waals surface area contributed by atoms with Crippen molar-refractivity contribution in [3.05, 3.63) is 23.5 Å². The summed E-state index contributed by atoms with van der Waals surface area (Å²) in [7, 11) is 1.32. The topological polar surface area (TPSA) is 78.3 Å². The van der Waals surface area contributed by atoms with Crippen molar-refractivity contribution >= 4 is 24.0 Å². The molecule has 4 nitrogen and oxygen atoms in total. The number of hydrogen-bond donors (Lipinski definition) is 2. The summed E-state index contributed by atoms with van der Waals surface area (Å²) in [5, 5.41) is 0. The number of nitrogen functional groups attached to an aromatic ring is 1. The highest BCUT2D eigenvalue weighted by Gasteiger charge is 2.12. The van der Waals surface area contributed by atoms with Gasteiger partial charge in [-0.05, 0) is 6.07 Å². The number of methoxy groups -OCH3 is 1. The Bertz CT molecular complexity index is 357. The van der Waals surface area contributed by atoms with E-state index < -0.39 is 11.7 Å². The summed E-state index contributed by atoms with van der Waals surface area (Å²) in [5.41, 5.74) is 10.2. The van der Waals surface area contributed by atoms with Crippen molar-refractivity contribution in [1.29, 1.82) is 0 Å². The molecule has 0 aliphatic carbocycles. The van der Waals surface area contributed by atoms with Crippen molar-refractivity contribution in [3.8, 4) is 5.75 Å². The van der Waals surface area contributed by atoms with E-state index in [1.165, 1.54) is 7.11 Å². The quantitative estimate of drug-likeness (QED) is 0.728. The molecule has 0 aromatic heterocycles. The second-order valence-corrected chi connectivity index (χ2v) is 2.44. The molecule has 0 fully saturated rings. The van der Waals surface area contributed by atoms with E-state index in [1.807, 2.05) is 0 Å². The molecule has 78 valence electrons. The van der Waals surface area contributed by atoms with Gasteiger partial charge in [0, 0.05) is 6.07 Å². The van der Waals surface area contributed by atoms with Crippen molar-refractivity contribution < 1.29 is 13.9 Å². The van der Waals surface area contributed by atoms with Crippen molar-refractivity contribution in [2.45, 2.75) is 0 Å². The number of halogens is 2. The smallest absolute Gasteiger partial charge is 0.252 e. The van der Waals surface area contributed by atoms with Crippen LogP contribution in [0.25, 0.3) is 0 Å². The molecule has 0 atom stereocenters. The van der Waals surface area contributed by atoms with Gasteiger partial charge in [0.15, 0.2) is 0 Å². The summed E-state index contributed by atoms with van der Waals surface area (Å²) >= 11 is 0. The number of nitrogens with two attached hydrogens (primary N) is 2. The molecule has 14 heavy (non-hydrogen) atoms. The van der Waals surface area contributed by atoms with Gasteiger partial charge in [0.2, 0.25) is 0 Å². The zero-order valence-electron chi connectivity index (χ0n) is 7.41. The van der Waals surface area contributed by atoms with Gasteiger partial charge in [-0.3, -0.25) is 4.79 Å². The van der Waals surface area contributed by atoms with Crippen molar-refractivity contribution in [1.82, 2.24) is 0 Å². The fourth-order valence-corrected chi connectivity index (χ4v) is 0.933. The molecule has 0 saturated heterocycles. The van der Waals surface area contributed by atoms with E-state index in [0.717, 1.165) is 12.1 Å². The molecule has 0 heterocycles. The van der Waals surface area contributed by atoms with Gasteiger partial charge in [0.25, 0.3) is 5.91 Å². The molecule has 4 N–H and O–H groups in total. The fourth-order valence-electron chi connectivity index (χ4n) is 0.933. The fraction of sp³-hybridized carbons (Fsp3) is 0.125. The maximum absolute atomic E-state index is 12.9. The lowest BCUT2D eigenvalue weighted by Gasteiger charge is -2.06. The van der Waals surface area contributed by atoms with E-state index in [-0.39, 0.29) is 29.4 Å². The summed E-state index contributed by atoms with van der Waals surface area (Å²) in [4.78, 5) is 10.8. The number of hydrogen-bond acceptors (Lipinski definition) is 3. The third kappa shape index (κ3) is 2.26. The normalized spacial score (nSPS) is 9.00. The zero-order chi connectivity index (χ0) is 10.0. The first kappa shape index (κ1) is 12.5. The molecule has 0 aliphatic rings. The van der Waals surface area contributed by atoms with Gasteiger partial charge in [-0.2, -0.15) is 0 Å². The first-order chi connectivity index (χ1) is 6.06. The largest absolute Gasteiger partial charge is 0.496 e. The molecule has 0 aliphatic heterocycles. The Morgan fingerprint density at radius 2 is 2.07 bits per heavy atom. The van der Waals surface area contributed by atoms with Gasteiger partial charge in [-0.1, -0.05) is 0 Å². The van der Waals surface area contributed by atoms with Crippen LogP contribution < -0.4 is 16.2 Å². The molecular weight excluding hydrogens is 211 g/mol. The number of ether oxygens (including phenoxy) is 1. The van der Waals surface area contributed by atoms with Gasteiger partial charge in [0.05, 0.1) is 18.4 Å². The molecule has 0 bridgehead atoms. The number of rotatable bonds is 2. The van der Waals surface area contributed by atoms with Crippen molar-refractivity contribution in [2.24, 2.45) is 5.73 Å². The average molecular weight is 221 g/mol. The summed E-state index contributed by atoms with van der Waals surface area (Å²) in [6, 6.07) is 2.17. The van der Waals surface area contributed by atoms with Crippen LogP contribution in [0.4, 0.5) is 10.1 Å². The molecule has 1 aromatic rings. The Balaban J connectivity index is 0.00000169. The van der Waals surface area contributed by atoms with Gasteiger partial charge >= 0.3 is 0 Å². The van der Waals surface area contributed by atoms with Crippen LogP contribution in [0.5, 0.6) is 5.75 Å². The van der Waals surface area contributed by atoms with Crippen molar-refractivity contribution in [2.75, 3.05) is 12.8 Å². The minimum atomic E-state index is -0.705. The van der Waals surface area contributed by atoms with Crippen LogP contribution in [0, 0.1) is 5.82 Å². The van der Waals surface area contributed by atoms with E-state index in [9.17, 15) is 9.18 Å². The predicted octanol–water partition coefficient (Wildman–Crippen LogP) is 0.937. The lowest BCUT2D eigenvalue weighted by Crippen LogP contribution is -2.13. The number of amides is 1. The van der Waals surface area contributed by atoms with Crippen LogP contribution in [0.2, 0.25) is 0 Å². The third-order valence-electron chi connectivity index (χ3n) is 1.58. The SMILES string of the molecule is COc1cc(F)c(N)cc1C(N)=O.Cl. The molecule has 1 rings (SSSR count). The average Bonchev–Trinajstić information content (AvgIpc) is 2.08. The molecule has 6 heteroatoms. The van der Waals surface area contributed by atoms with Crippen LogP contribution >= 0.6 is 12.4 Å². The molecule has 0 unspecified atom stereocenters. The molecular formula is C8H10ClFN2O2. The molecule has 1 aromatic carbocycles. The Morgan fingerprint density at radius 1 is 1.50 bits per heavy atom. The number of carbonyl (C=O) groups excluding carboxylic acids is 1. The monoisotopic (exact) mass is 220 g/mol. The number of primary amides is 1. The van der Waals surface area contributed by atoms with Crippen LogP contribution in [-0.4, -0.2) is 13.0 Å². The second kappa shape index (κ2) is 4.66. The molecule has 1 amide bonds. The maximum atomic E-state index is 12.9. The highest BCUT2D eigenvalue weighted by atomic mass is 35.5. The van der Waals surface area contributed by atoms with Gasteiger partial charge in [-0.15, -0.1) is 12.4 Å². The first-order valence-corrected chi connectivity index (χ1v) is 3.49. The lowest BCUT2D eigenvalue weighted by molar-refractivity contribution is 0.0997. The van der Waals surface area contributed by atoms with E-state index >= 15 is 0 Å². The molecule has 0 spiro atoms. The van der Waals surface area contributed by atoms with Gasteiger partial charge in [-0.25, -0.2) is 4.39 Å². The van der Waals surface area contributed by atoms with E-state index in [2.05, 4.69) is 0 Å². The third-order valence-corrected chi connectivity index (χ3v) is 1.58. The van der Waals surface area contributed by atoms with Crippen LogP contribution in [0.1, 0.15) is 10.4 Å². The Labute approximate surface area is 86.4 Å². The predicted molar refractivity (Wildman–Crippen MR) is 53.1 cm³/mol. The second-order valence-electron chi connectivity index (χ2n) is 2.44. The summed E-state index contributed by atoms with van der Waals surface area (Å²) < 4.78 is 17.6. The number of carbonyl (C=O) groups is 1.